The number of H-pyrrole nitrogens is 1. The van der Waals surface area contributed by atoms with Crippen LogP contribution in [0, 0.1) is 0 Å². The van der Waals surface area contributed by atoms with Crippen molar-refractivity contribution in [1.82, 2.24) is 15.6 Å². The van der Waals surface area contributed by atoms with Gasteiger partial charge in [0.1, 0.15) is 16.9 Å². The fourth-order valence-electron chi connectivity index (χ4n) is 1.57. The molecule has 3 N–H and O–H groups in total. The molecule has 0 atom stereocenters. The number of alkyl carbamates (subject to hydrolysis) is 1. The number of pyridine rings is 1. The lowest BCUT2D eigenvalue weighted by Crippen LogP contribution is -2.39. The van der Waals surface area contributed by atoms with Crippen LogP contribution in [0.4, 0.5) is 18.0 Å². The first-order valence-corrected chi connectivity index (χ1v) is 6.96. The van der Waals surface area contributed by atoms with Crippen molar-refractivity contribution in [2.45, 2.75) is 32.5 Å². The second-order valence-electron chi connectivity index (χ2n) is 5.80. The third-order valence-electron chi connectivity index (χ3n) is 2.54. The van der Waals surface area contributed by atoms with Gasteiger partial charge in [-0.25, -0.2) is 4.79 Å². The Bertz CT molecular complexity index is 662. The van der Waals surface area contributed by atoms with Crippen LogP contribution in [0.15, 0.2) is 16.9 Å². The van der Waals surface area contributed by atoms with Gasteiger partial charge in [-0.15, -0.1) is 0 Å². The van der Waals surface area contributed by atoms with Crippen LogP contribution in [-0.4, -0.2) is 35.7 Å². The summed E-state index contributed by atoms with van der Waals surface area (Å²) >= 11 is 0. The van der Waals surface area contributed by atoms with Gasteiger partial charge in [0.2, 0.25) is 0 Å². The Morgan fingerprint density at radius 3 is 2.21 bits per heavy atom. The molecule has 1 heterocycles. The molecule has 0 aliphatic heterocycles. The third kappa shape index (κ3) is 6.31. The van der Waals surface area contributed by atoms with E-state index in [2.05, 4.69) is 10.6 Å². The number of ether oxygens (including phenoxy) is 1. The summed E-state index contributed by atoms with van der Waals surface area (Å²) in [6, 6.07) is 1.40. The van der Waals surface area contributed by atoms with Crippen molar-refractivity contribution in [3.63, 3.8) is 0 Å². The van der Waals surface area contributed by atoms with Crippen LogP contribution in [0.2, 0.25) is 0 Å². The summed E-state index contributed by atoms with van der Waals surface area (Å²) in [6.07, 6.45) is -5.38. The number of carbonyl (C=O) groups excluding carboxylic acids is 2. The smallest absolute Gasteiger partial charge is 0.431 e. The third-order valence-corrected chi connectivity index (χ3v) is 2.54. The van der Waals surface area contributed by atoms with E-state index in [4.69, 9.17) is 4.74 Å². The maximum absolute atomic E-state index is 12.4. The van der Waals surface area contributed by atoms with Crippen LogP contribution in [-0.2, 0) is 10.9 Å². The lowest BCUT2D eigenvalue weighted by atomic mass is 10.2. The zero-order chi connectivity index (χ0) is 18.5. The number of rotatable bonds is 4. The van der Waals surface area contributed by atoms with Crippen LogP contribution in [0.1, 0.15) is 36.8 Å². The van der Waals surface area contributed by atoms with Gasteiger partial charge >= 0.3 is 12.3 Å². The molecule has 7 nitrogen and oxygen atoms in total. The standard InChI is InChI=1S/C14H18F3N3O4/c1-13(2,3)24-12(23)19-7-6-18-10(21)8-4-5-9(14(15,16)17)20-11(8)22/h4-5H,6-7H2,1-3H3,(H,18,21)(H,19,23)(H,20,22). The lowest BCUT2D eigenvalue weighted by molar-refractivity contribution is -0.141. The fourth-order valence-corrected chi connectivity index (χ4v) is 1.57. The molecule has 0 spiro atoms. The maximum Gasteiger partial charge on any atom is 0.431 e. The summed E-state index contributed by atoms with van der Waals surface area (Å²) in [4.78, 5) is 36.2. The molecule has 0 aliphatic rings. The van der Waals surface area contributed by atoms with Crippen LogP contribution in [0.3, 0.4) is 0 Å². The topological polar surface area (TPSA) is 100 Å². The fraction of sp³-hybridized carbons (Fsp3) is 0.500. The van der Waals surface area contributed by atoms with Crippen molar-refractivity contribution in [3.05, 3.63) is 33.7 Å². The van der Waals surface area contributed by atoms with Gasteiger partial charge in [0.25, 0.3) is 11.5 Å². The van der Waals surface area contributed by atoms with Crippen molar-refractivity contribution in [1.29, 1.82) is 0 Å². The van der Waals surface area contributed by atoms with Crippen molar-refractivity contribution >= 4 is 12.0 Å². The lowest BCUT2D eigenvalue weighted by Gasteiger charge is -2.19. The molecule has 0 aliphatic carbocycles. The molecular weight excluding hydrogens is 331 g/mol. The van der Waals surface area contributed by atoms with Gasteiger partial charge in [-0.1, -0.05) is 0 Å². The van der Waals surface area contributed by atoms with Gasteiger partial charge in [0, 0.05) is 13.1 Å². The average Bonchev–Trinajstić information content (AvgIpc) is 2.40. The second kappa shape index (κ2) is 7.37. The number of halogens is 3. The molecule has 0 aromatic carbocycles. The number of alkyl halides is 3. The Morgan fingerprint density at radius 2 is 1.71 bits per heavy atom. The van der Waals surface area contributed by atoms with Gasteiger partial charge in [-0.3, -0.25) is 9.59 Å². The molecule has 1 aromatic heterocycles. The largest absolute Gasteiger partial charge is 0.444 e. The highest BCUT2D eigenvalue weighted by atomic mass is 19.4. The highest BCUT2D eigenvalue weighted by Gasteiger charge is 2.32. The van der Waals surface area contributed by atoms with Gasteiger partial charge in [0.15, 0.2) is 0 Å². The zero-order valence-corrected chi connectivity index (χ0v) is 13.3. The molecule has 24 heavy (non-hydrogen) atoms. The van der Waals surface area contributed by atoms with Crippen molar-refractivity contribution in [2.24, 2.45) is 0 Å². The maximum atomic E-state index is 12.4. The first kappa shape index (κ1) is 19.5. The highest BCUT2D eigenvalue weighted by Crippen LogP contribution is 2.26. The van der Waals surface area contributed by atoms with Crippen LogP contribution < -0.4 is 16.2 Å². The summed E-state index contributed by atoms with van der Waals surface area (Å²) in [5.41, 5.74) is -3.51. The molecule has 134 valence electrons. The minimum absolute atomic E-state index is 0.0270. The van der Waals surface area contributed by atoms with E-state index in [0.29, 0.717) is 6.07 Å². The van der Waals surface area contributed by atoms with Gasteiger partial charge < -0.3 is 20.4 Å². The molecule has 2 amide bonds. The number of amides is 2. The Labute approximate surface area is 135 Å². The van der Waals surface area contributed by atoms with E-state index >= 15 is 0 Å². The number of aromatic nitrogens is 1. The summed E-state index contributed by atoms with van der Waals surface area (Å²) in [6.45, 7) is 5.06. The minimum atomic E-state index is -4.70. The summed E-state index contributed by atoms with van der Waals surface area (Å²) in [7, 11) is 0. The quantitative estimate of drug-likeness (QED) is 0.720. The van der Waals surface area contributed by atoms with E-state index in [-0.39, 0.29) is 13.1 Å². The first-order chi connectivity index (χ1) is 10.9. The second-order valence-corrected chi connectivity index (χ2v) is 5.80. The highest BCUT2D eigenvalue weighted by molar-refractivity contribution is 5.93. The van der Waals surface area contributed by atoms with Crippen molar-refractivity contribution in [2.75, 3.05) is 13.1 Å². The number of hydrogen-bond donors (Lipinski definition) is 3. The Morgan fingerprint density at radius 1 is 1.12 bits per heavy atom. The molecule has 1 rings (SSSR count). The Balaban J connectivity index is 2.52. The van der Waals surface area contributed by atoms with E-state index in [9.17, 15) is 27.6 Å². The van der Waals surface area contributed by atoms with Gasteiger partial charge in [0.05, 0.1) is 0 Å². The normalized spacial score (nSPS) is 11.8. The van der Waals surface area contributed by atoms with Crippen molar-refractivity contribution in [3.8, 4) is 0 Å². The Hall–Kier alpha value is -2.52. The molecule has 0 radical (unpaired) electrons. The predicted molar refractivity (Wildman–Crippen MR) is 78.6 cm³/mol. The number of carbonyl (C=O) groups is 2. The zero-order valence-electron chi connectivity index (χ0n) is 13.3. The molecule has 0 saturated heterocycles. The SMILES string of the molecule is CC(C)(C)OC(=O)NCCNC(=O)c1ccc(C(F)(F)F)[nH]c1=O. The number of aromatic amines is 1. The summed E-state index contributed by atoms with van der Waals surface area (Å²) in [5, 5.41) is 4.68. The molecule has 0 unspecified atom stereocenters. The first-order valence-electron chi connectivity index (χ1n) is 6.96. The van der Waals surface area contributed by atoms with Gasteiger partial charge in [-0.2, -0.15) is 13.2 Å². The van der Waals surface area contributed by atoms with Crippen LogP contribution in [0.5, 0.6) is 0 Å². The van der Waals surface area contributed by atoms with E-state index in [0.717, 1.165) is 6.07 Å². The average molecular weight is 349 g/mol. The van der Waals surface area contributed by atoms with E-state index in [1.165, 1.54) is 0 Å². The van der Waals surface area contributed by atoms with Gasteiger partial charge in [-0.05, 0) is 32.9 Å². The van der Waals surface area contributed by atoms with Crippen molar-refractivity contribution < 1.29 is 27.5 Å². The molecular formula is C14H18F3N3O4. The van der Waals surface area contributed by atoms with E-state index in [1.54, 1.807) is 25.8 Å². The molecule has 0 saturated carbocycles. The molecule has 1 aromatic rings. The minimum Gasteiger partial charge on any atom is -0.444 e. The summed E-state index contributed by atoms with van der Waals surface area (Å²) in [5.74, 6) is -0.851. The van der Waals surface area contributed by atoms with E-state index < -0.39 is 40.6 Å². The van der Waals surface area contributed by atoms with Crippen LogP contribution >= 0.6 is 0 Å². The Kier molecular flexibility index (Phi) is 5.99. The molecule has 10 heteroatoms. The molecule has 0 bridgehead atoms. The summed E-state index contributed by atoms with van der Waals surface area (Å²) < 4.78 is 42.2. The predicted octanol–water partition coefficient (Wildman–Crippen LogP) is 1.65. The number of hydrogen-bond acceptors (Lipinski definition) is 4. The monoisotopic (exact) mass is 349 g/mol. The van der Waals surface area contributed by atoms with Crippen LogP contribution in [0.25, 0.3) is 0 Å². The number of nitrogens with one attached hydrogen (secondary N) is 3. The molecule has 0 fully saturated rings. The van der Waals surface area contributed by atoms with E-state index in [1.807, 2.05) is 0 Å².